The van der Waals surface area contributed by atoms with E-state index in [9.17, 15) is 9.59 Å². The highest BCUT2D eigenvalue weighted by atomic mass is 16.7. The maximum atomic E-state index is 12.7. The number of amides is 1. The first kappa shape index (κ1) is 20.5. The van der Waals surface area contributed by atoms with Crippen molar-refractivity contribution in [2.75, 3.05) is 39.3 Å². The Morgan fingerprint density at radius 2 is 1.74 bits per heavy atom. The van der Waals surface area contributed by atoms with Gasteiger partial charge in [-0.25, -0.2) is 4.79 Å². The summed E-state index contributed by atoms with van der Waals surface area (Å²) in [6.45, 7) is 6.87. The summed E-state index contributed by atoms with van der Waals surface area (Å²) in [6, 6.07) is 0.626. The molecule has 2 N–H and O–H groups in total. The predicted octanol–water partition coefficient (Wildman–Crippen LogP) is 0.626. The number of nitrogens with one attached hydrogen (secondary N) is 2. The molecule has 3 aliphatic rings. The Bertz CT molecular complexity index is 486. The van der Waals surface area contributed by atoms with Crippen molar-refractivity contribution in [1.82, 2.24) is 20.6 Å². The summed E-state index contributed by atoms with van der Waals surface area (Å²) in [7, 11) is 0. The number of carbonyl (C=O) groups excluding carboxylic acids is 2. The second-order valence-electron chi connectivity index (χ2n) is 8.00. The van der Waals surface area contributed by atoms with Crippen molar-refractivity contribution in [2.24, 2.45) is 0 Å². The lowest BCUT2D eigenvalue weighted by atomic mass is 9.97. The molecule has 0 aromatic carbocycles. The molecule has 8 heteroatoms. The number of hydrogen-bond acceptors (Lipinski definition) is 7. The number of hydroxylamine groups is 2. The maximum absolute atomic E-state index is 12.7. The average molecular weight is 383 g/mol. The smallest absolute Gasteiger partial charge is 0.364 e. The zero-order valence-corrected chi connectivity index (χ0v) is 16.5. The Labute approximate surface area is 161 Å². The van der Waals surface area contributed by atoms with Crippen LogP contribution >= 0.6 is 0 Å². The highest BCUT2D eigenvalue weighted by Gasteiger charge is 2.40. The van der Waals surface area contributed by atoms with Gasteiger partial charge in [-0.1, -0.05) is 19.3 Å². The summed E-state index contributed by atoms with van der Waals surface area (Å²) in [5.74, 6) is -0.546. The van der Waals surface area contributed by atoms with Crippen LogP contribution in [0, 0.1) is 0 Å². The average Bonchev–Trinajstić information content (AvgIpc) is 2.70. The van der Waals surface area contributed by atoms with Crippen molar-refractivity contribution < 1.29 is 19.2 Å². The molecule has 8 nitrogen and oxygen atoms in total. The summed E-state index contributed by atoms with van der Waals surface area (Å²) in [5.41, 5.74) is -1.43. The van der Waals surface area contributed by atoms with Crippen LogP contribution in [0.25, 0.3) is 0 Å². The Hall–Kier alpha value is -1.22. The zero-order chi connectivity index (χ0) is 19.1. The molecule has 2 saturated heterocycles. The summed E-state index contributed by atoms with van der Waals surface area (Å²) in [6.07, 6.45) is 8.07. The van der Waals surface area contributed by atoms with E-state index >= 15 is 0 Å². The monoisotopic (exact) mass is 382 g/mol. The second kappa shape index (κ2) is 9.82. The van der Waals surface area contributed by atoms with Gasteiger partial charge in [0.25, 0.3) is 0 Å². The third-order valence-corrected chi connectivity index (χ3v) is 5.99. The number of piperazine rings is 1. The lowest BCUT2D eigenvalue weighted by Gasteiger charge is -2.41. The Balaban J connectivity index is 1.49. The van der Waals surface area contributed by atoms with Crippen LogP contribution < -0.4 is 10.6 Å². The molecule has 2 heterocycles. The van der Waals surface area contributed by atoms with E-state index in [2.05, 4.69) is 15.5 Å². The van der Waals surface area contributed by atoms with E-state index in [1.807, 2.05) is 0 Å². The van der Waals surface area contributed by atoms with Crippen molar-refractivity contribution in [3.05, 3.63) is 0 Å². The van der Waals surface area contributed by atoms with Crippen LogP contribution in [0.5, 0.6) is 0 Å². The van der Waals surface area contributed by atoms with Gasteiger partial charge in [0.15, 0.2) is 0 Å². The van der Waals surface area contributed by atoms with Crippen molar-refractivity contribution in [3.63, 3.8) is 0 Å². The molecule has 27 heavy (non-hydrogen) atoms. The minimum absolute atomic E-state index is 0.0134. The Morgan fingerprint density at radius 1 is 1.07 bits per heavy atom. The fourth-order valence-corrected chi connectivity index (χ4v) is 4.31. The number of nitrogens with zero attached hydrogens (tertiary/aromatic N) is 2. The molecule has 1 unspecified atom stereocenters. The first-order valence-electron chi connectivity index (χ1n) is 10.4. The fraction of sp³-hybridized carbons (Fsp3) is 0.895. The van der Waals surface area contributed by atoms with E-state index in [4.69, 9.17) is 9.57 Å². The lowest BCUT2D eigenvalue weighted by Crippen LogP contribution is -2.58. The molecule has 3 rings (SSSR count). The first-order valence-corrected chi connectivity index (χ1v) is 10.4. The summed E-state index contributed by atoms with van der Waals surface area (Å²) < 4.78 is 5.98. The minimum Gasteiger partial charge on any atom is -0.364 e. The number of rotatable bonds is 7. The molecule has 0 aromatic rings. The second-order valence-corrected chi connectivity index (χ2v) is 8.00. The van der Waals surface area contributed by atoms with Gasteiger partial charge in [-0.3, -0.25) is 9.69 Å². The molecule has 0 radical (unpaired) electrons. The quantitative estimate of drug-likeness (QED) is 0.493. The topological polar surface area (TPSA) is 83.1 Å². The van der Waals surface area contributed by atoms with E-state index < -0.39 is 11.7 Å². The largest absolute Gasteiger partial charge is 0.378 e. The maximum Gasteiger partial charge on any atom is 0.378 e. The fourth-order valence-electron chi connectivity index (χ4n) is 4.31. The van der Waals surface area contributed by atoms with Gasteiger partial charge < -0.3 is 20.2 Å². The molecule has 0 bridgehead atoms. The highest BCUT2D eigenvalue weighted by Crippen LogP contribution is 2.25. The third-order valence-electron chi connectivity index (χ3n) is 5.99. The third kappa shape index (κ3) is 5.63. The highest BCUT2D eigenvalue weighted by molar-refractivity contribution is 5.80. The van der Waals surface area contributed by atoms with E-state index in [1.165, 1.54) is 19.3 Å². The number of carbonyl (C=O) groups is 2. The molecule has 1 atom stereocenters. The van der Waals surface area contributed by atoms with Gasteiger partial charge in [-0.2, -0.15) is 0 Å². The molecule has 1 saturated carbocycles. The van der Waals surface area contributed by atoms with Gasteiger partial charge in [0, 0.05) is 32.2 Å². The summed E-state index contributed by atoms with van der Waals surface area (Å²) in [4.78, 5) is 31.9. The van der Waals surface area contributed by atoms with Crippen LogP contribution in [-0.4, -0.2) is 79.5 Å². The Morgan fingerprint density at radius 3 is 2.37 bits per heavy atom. The summed E-state index contributed by atoms with van der Waals surface area (Å²) in [5, 5.41) is 7.63. The molecule has 1 aliphatic carbocycles. The van der Waals surface area contributed by atoms with Crippen molar-refractivity contribution in [2.45, 2.75) is 69.7 Å². The van der Waals surface area contributed by atoms with E-state index in [0.717, 1.165) is 51.9 Å². The van der Waals surface area contributed by atoms with Gasteiger partial charge in [-0.05, 0) is 45.7 Å². The standard InChI is InChI=1S/C19H34N4O4/c1-19(21-15-24,26-17-5-3-2-4-6-17)18(25)27-23-13-11-22(12-14-23)16-7-9-20-10-8-16/h15-17,20H,2-14H2,1H3,(H,21,24). The normalized spacial score (nSPS) is 26.3. The zero-order valence-electron chi connectivity index (χ0n) is 16.5. The van der Waals surface area contributed by atoms with Gasteiger partial charge in [0.1, 0.15) is 0 Å². The molecular weight excluding hydrogens is 348 g/mol. The predicted molar refractivity (Wildman–Crippen MR) is 101 cm³/mol. The molecule has 3 fully saturated rings. The van der Waals surface area contributed by atoms with E-state index in [1.54, 1.807) is 12.0 Å². The molecule has 154 valence electrons. The van der Waals surface area contributed by atoms with Gasteiger partial charge in [-0.15, -0.1) is 5.06 Å². The van der Waals surface area contributed by atoms with Gasteiger partial charge >= 0.3 is 5.97 Å². The summed E-state index contributed by atoms with van der Waals surface area (Å²) >= 11 is 0. The van der Waals surface area contributed by atoms with E-state index in [0.29, 0.717) is 25.5 Å². The van der Waals surface area contributed by atoms with Crippen LogP contribution in [0.3, 0.4) is 0 Å². The van der Waals surface area contributed by atoms with Crippen molar-refractivity contribution in [1.29, 1.82) is 0 Å². The molecule has 1 amide bonds. The van der Waals surface area contributed by atoms with E-state index in [-0.39, 0.29) is 6.10 Å². The van der Waals surface area contributed by atoms with Gasteiger partial charge in [0.2, 0.25) is 12.1 Å². The van der Waals surface area contributed by atoms with Gasteiger partial charge in [0.05, 0.1) is 6.10 Å². The molecule has 0 spiro atoms. The molecule has 2 aliphatic heterocycles. The lowest BCUT2D eigenvalue weighted by molar-refractivity contribution is -0.230. The minimum atomic E-state index is -1.43. The first-order chi connectivity index (χ1) is 13.1. The number of hydrogen-bond donors (Lipinski definition) is 2. The molecular formula is C19H34N4O4. The van der Waals surface area contributed by atoms with Crippen LogP contribution in [0.4, 0.5) is 0 Å². The van der Waals surface area contributed by atoms with Crippen molar-refractivity contribution >= 4 is 12.4 Å². The molecule has 0 aromatic heterocycles. The van der Waals surface area contributed by atoms with Crippen molar-refractivity contribution in [3.8, 4) is 0 Å². The Kier molecular flexibility index (Phi) is 7.46. The number of ether oxygens (including phenoxy) is 1. The van der Waals surface area contributed by atoms with Crippen LogP contribution in [0.15, 0.2) is 0 Å². The van der Waals surface area contributed by atoms with Crippen LogP contribution in [0.1, 0.15) is 51.9 Å². The van der Waals surface area contributed by atoms with Crippen LogP contribution in [0.2, 0.25) is 0 Å². The van der Waals surface area contributed by atoms with Crippen LogP contribution in [-0.2, 0) is 19.2 Å². The number of piperidine rings is 1. The SMILES string of the molecule is CC(NC=O)(OC1CCCCC1)C(=O)ON1CCN(C2CCNCC2)CC1.